The van der Waals surface area contributed by atoms with E-state index in [2.05, 4.69) is 25.9 Å². The van der Waals surface area contributed by atoms with Gasteiger partial charge in [0.2, 0.25) is 17.7 Å². The molecule has 0 spiro atoms. The number of guanidine groups is 2. The molecule has 1 aliphatic heterocycles. The Bertz CT molecular complexity index is 1290. The largest absolute Gasteiger partial charge is 0.445 e. The molecule has 1 aliphatic rings. The van der Waals surface area contributed by atoms with Crippen molar-refractivity contribution in [3.8, 4) is 0 Å². The number of alkyl halides is 1. The smallest absolute Gasteiger partial charge is 0.408 e. The van der Waals surface area contributed by atoms with Crippen LogP contribution in [0.3, 0.4) is 0 Å². The Labute approximate surface area is 279 Å². The van der Waals surface area contributed by atoms with Gasteiger partial charge in [0.15, 0.2) is 17.7 Å². The van der Waals surface area contributed by atoms with Crippen molar-refractivity contribution in [2.45, 2.75) is 83.1 Å². The number of aliphatic imine (C=N–C) groups is 2. The summed E-state index contributed by atoms with van der Waals surface area (Å²) >= 11 is 0. The second-order valence-electron chi connectivity index (χ2n) is 11.7. The first kappa shape index (κ1) is 39.2. The number of amides is 4. The lowest BCUT2D eigenvalue weighted by Gasteiger charge is -2.31. The quantitative estimate of drug-likeness (QED) is 0.0563. The molecule has 16 nitrogen and oxygen atoms in total. The second kappa shape index (κ2) is 20.3. The Hall–Kier alpha value is -4.96. The normalized spacial score (nSPS) is 15.8. The van der Waals surface area contributed by atoms with E-state index in [1.165, 1.54) is 4.90 Å². The summed E-state index contributed by atoms with van der Waals surface area (Å²) < 4.78 is 18.6. The van der Waals surface area contributed by atoms with Gasteiger partial charge in [-0.15, -0.1) is 0 Å². The average molecular weight is 677 g/mol. The van der Waals surface area contributed by atoms with Gasteiger partial charge >= 0.3 is 6.09 Å². The monoisotopic (exact) mass is 676 g/mol. The molecule has 1 aromatic carbocycles. The standard InChI is InChI=1S/C31H49FN10O6/c1-19(2)25(41-31(47)48-18-20-9-4-3-5-10-20)27(45)40-22(12-7-15-38-30(35)36)28(46)42-16-8-13-23(42)26(44)39-21(24(43)17-32)11-6-14-37-29(33)34/h3-5,9-10,19,21-23,25H,6-8,11-18H2,1-2H3,(H,39,44)(H,40,45)(H,41,47)(H4,33,34,37)(H4,35,36,38)/t21?,22-,23-,25-/m0/s1. The Kier molecular flexibility index (Phi) is 16.6. The number of alkyl carbamates (subject to hydrolysis) is 1. The van der Waals surface area contributed by atoms with Crippen molar-refractivity contribution in [1.82, 2.24) is 20.9 Å². The molecule has 1 saturated heterocycles. The first-order valence-electron chi connectivity index (χ1n) is 15.9. The molecule has 0 saturated carbocycles. The molecule has 17 heteroatoms. The molecular formula is C31H49FN10O6. The van der Waals surface area contributed by atoms with E-state index in [0.717, 1.165) is 5.56 Å². The molecule has 4 atom stereocenters. The van der Waals surface area contributed by atoms with Crippen molar-refractivity contribution < 1.29 is 33.1 Å². The zero-order valence-corrected chi connectivity index (χ0v) is 27.5. The van der Waals surface area contributed by atoms with Crippen LogP contribution < -0.4 is 38.9 Å². The Morgan fingerprint density at radius 3 is 2.08 bits per heavy atom. The van der Waals surface area contributed by atoms with Crippen LogP contribution in [-0.4, -0.2) is 96.9 Å². The van der Waals surface area contributed by atoms with Gasteiger partial charge in [0.1, 0.15) is 31.4 Å². The summed E-state index contributed by atoms with van der Waals surface area (Å²) in [6, 6.07) is 4.77. The number of hydrogen-bond acceptors (Lipinski definition) is 8. The predicted octanol–water partition coefficient (Wildman–Crippen LogP) is -0.456. The first-order chi connectivity index (χ1) is 22.8. The molecule has 2 rings (SSSR count). The number of halogens is 1. The van der Waals surface area contributed by atoms with Gasteiger partial charge in [0, 0.05) is 19.6 Å². The van der Waals surface area contributed by atoms with Crippen molar-refractivity contribution in [1.29, 1.82) is 0 Å². The molecule has 0 aliphatic carbocycles. The Balaban J connectivity index is 2.17. The third-order valence-corrected chi connectivity index (χ3v) is 7.62. The van der Waals surface area contributed by atoms with Crippen LogP contribution in [0.4, 0.5) is 9.18 Å². The third-order valence-electron chi connectivity index (χ3n) is 7.62. The van der Waals surface area contributed by atoms with Crippen molar-refractivity contribution >= 4 is 41.5 Å². The van der Waals surface area contributed by atoms with Crippen LogP contribution >= 0.6 is 0 Å². The second-order valence-corrected chi connectivity index (χ2v) is 11.7. The number of hydrogen-bond donors (Lipinski definition) is 7. The number of nitrogens with one attached hydrogen (secondary N) is 3. The third kappa shape index (κ3) is 13.4. The molecule has 48 heavy (non-hydrogen) atoms. The summed E-state index contributed by atoms with van der Waals surface area (Å²) in [5.41, 5.74) is 22.3. The first-order valence-corrected chi connectivity index (χ1v) is 15.9. The van der Waals surface area contributed by atoms with Crippen LogP contribution in [0.1, 0.15) is 57.9 Å². The van der Waals surface area contributed by atoms with Crippen LogP contribution in [0.15, 0.2) is 40.3 Å². The molecule has 0 bridgehead atoms. The summed E-state index contributed by atoms with van der Waals surface area (Å²) in [6.07, 6.45) is 0.775. The minimum Gasteiger partial charge on any atom is -0.445 e. The van der Waals surface area contributed by atoms with E-state index in [1.54, 1.807) is 38.1 Å². The predicted molar refractivity (Wildman–Crippen MR) is 178 cm³/mol. The molecule has 11 N–H and O–H groups in total. The van der Waals surface area contributed by atoms with E-state index in [1.807, 2.05) is 6.07 Å². The van der Waals surface area contributed by atoms with E-state index < -0.39 is 60.4 Å². The van der Waals surface area contributed by atoms with Gasteiger partial charge in [-0.25, -0.2) is 9.18 Å². The van der Waals surface area contributed by atoms with E-state index >= 15 is 0 Å². The number of carbonyl (C=O) groups is 5. The number of ether oxygens (including phenoxy) is 1. The van der Waals surface area contributed by atoms with E-state index in [-0.39, 0.29) is 56.9 Å². The van der Waals surface area contributed by atoms with Gasteiger partial charge in [-0.3, -0.25) is 29.2 Å². The molecular weight excluding hydrogens is 627 g/mol. The lowest BCUT2D eigenvalue weighted by atomic mass is 10.0. The van der Waals surface area contributed by atoms with Gasteiger partial charge in [0.25, 0.3) is 0 Å². The minimum atomic E-state index is -1.28. The zero-order valence-electron chi connectivity index (χ0n) is 27.5. The summed E-state index contributed by atoms with van der Waals surface area (Å²) in [5, 5.41) is 7.88. The lowest BCUT2D eigenvalue weighted by molar-refractivity contribution is -0.142. The molecule has 266 valence electrons. The van der Waals surface area contributed by atoms with Crippen LogP contribution in [0.5, 0.6) is 0 Å². The lowest BCUT2D eigenvalue weighted by Crippen LogP contribution is -2.58. The van der Waals surface area contributed by atoms with Gasteiger partial charge in [-0.2, -0.15) is 0 Å². The number of rotatable bonds is 19. The van der Waals surface area contributed by atoms with Crippen LogP contribution in [0.25, 0.3) is 0 Å². The van der Waals surface area contributed by atoms with Crippen molar-refractivity contribution in [2.24, 2.45) is 38.8 Å². The summed E-state index contributed by atoms with van der Waals surface area (Å²) in [4.78, 5) is 74.7. The number of nitrogens with two attached hydrogens (primary N) is 4. The summed E-state index contributed by atoms with van der Waals surface area (Å²) in [7, 11) is 0. The maximum Gasteiger partial charge on any atom is 0.408 e. The number of benzene rings is 1. The molecule has 0 aromatic heterocycles. The zero-order chi connectivity index (χ0) is 35.6. The molecule has 1 unspecified atom stereocenters. The number of nitrogens with zero attached hydrogens (tertiary/aromatic N) is 3. The van der Waals surface area contributed by atoms with Gasteiger partial charge in [0.05, 0.1) is 6.04 Å². The van der Waals surface area contributed by atoms with Crippen molar-refractivity contribution in [2.75, 3.05) is 26.3 Å². The van der Waals surface area contributed by atoms with Crippen LogP contribution in [-0.2, 0) is 30.5 Å². The van der Waals surface area contributed by atoms with Crippen LogP contribution in [0, 0.1) is 5.92 Å². The number of Topliss-reactive ketones (excluding diaryl/α,β-unsaturated/α-hetero) is 1. The van der Waals surface area contributed by atoms with Crippen LogP contribution in [0.2, 0.25) is 0 Å². The molecule has 1 heterocycles. The highest BCUT2D eigenvalue weighted by atomic mass is 19.1. The molecule has 1 fully saturated rings. The average Bonchev–Trinajstić information content (AvgIpc) is 3.55. The van der Waals surface area contributed by atoms with Gasteiger partial charge < -0.3 is 48.5 Å². The Morgan fingerprint density at radius 2 is 1.52 bits per heavy atom. The van der Waals surface area contributed by atoms with E-state index in [9.17, 15) is 28.4 Å². The molecule has 4 amide bonds. The van der Waals surface area contributed by atoms with E-state index in [4.69, 9.17) is 27.7 Å². The van der Waals surface area contributed by atoms with Gasteiger partial charge in [-0.05, 0) is 50.0 Å². The summed E-state index contributed by atoms with van der Waals surface area (Å²) in [6.45, 7) is 2.74. The van der Waals surface area contributed by atoms with Crippen molar-refractivity contribution in [3.05, 3.63) is 35.9 Å². The minimum absolute atomic E-state index is 0.00251. The summed E-state index contributed by atoms with van der Waals surface area (Å²) in [5.74, 6) is -3.25. The fraction of sp³-hybridized carbons (Fsp3) is 0.581. The maximum atomic E-state index is 13.9. The van der Waals surface area contributed by atoms with Gasteiger partial charge in [-0.1, -0.05) is 44.2 Å². The van der Waals surface area contributed by atoms with Crippen molar-refractivity contribution in [3.63, 3.8) is 0 Å². The van der Waals surface area contributed by atoms with E-state index in [0.29, 0.717) is 25.7 Å². The topological polar surface area (TPSA) is 263 Å². The Morgan fingerprint density at radius 1 is 0.917 bits per heavy atom. The number of likely N-dealkylation sites (tertiary alicyclic amines) is 1. The highest BCUT2D eigenvalue weighted by Gasteiger charge is 2.39. The highest BCUT2D eigenvalue weighted by molar-refractivity contribution is 5.96. The molecule has 0 radical (unpaired) electrons. The highest BCUT2D eigenvalue weighted by Crippen LogP contribution is 2.21. The number of ketones is 1. The molecule has 1 aromatic rings. The number of carbonyl (C=O) groups excluding carboxylic acids is 5. The SMILES string of the molecule is CC(C)[C@H](NC(=O)OCc1ccccc1)C(=O)N[C@@H](CCCN=C(N)N)C(=O)N1CCC[C@H]1C(=O)NC(CCCN=C(N)N)C(=O)CF. The fourth-order valence-corrected chi connectivity index (χ4v) is 5.13. The maximum absolute atomic E-state index is 13.9. The fourth-order valence-electron chi connectivity index (χ4n) is 5.13.